The Labute approximate surface area is 100 Å². The zero-order valence-electron chi connectivity index (χ0n) is 11.5. The van der Waals surface area contributed by atoms with Gasteiger partial charge >= 0.3 is 0 Å². The summed E-state index contributed by atoms with van der Waals surface area (Å²) in [5.41, 5.74) is 0.371. The fourth-order valence-corrected chi connectivity index (χ4v) is 1.48. The van der Waals surface area contributed by atoms with E-state index in [1.54, 1.807) is 0 Å². The van der Waals surface area contributed by atoms with E-state index in [9.17, 15) is 0 Å². The van der Waals surface area contributed by atoms with Gasteiger partial charge in [0.2, 0.25) is 0 Å². The highest BCUT2D eigenvalue weighted by Gasteiger charge is 2.23. The van der Waals surface area contributed by atoms with Crippen LogP contribution >= 0.6 is 0 Å². The Morgan fingerprint density at radius 2 is 1.62 bits per heavy atom. The van der Waals surface area contributed by atoms with Gasteiger partial charge in [0, 0.05) is 36.6 Å². The minimum atomic E-state index is 0.169. The van der Waals surface area contributed by atoms with Gasteiger partial charge in [-0.15, -0.1) is 0 Å². The number of nitrogens with zero attached hydrogens (tertiary/aromatic N) is 2. The second kappa shape index (κ2) is 4.66. The molecule has 1 radical (unpaired) electrons. The van der Waals surface area contributed by atoms with Crippen molar-refractivity contribution in [1.82, 2.24) is 15.1 Å². The number of nitrogens with one attached hydrogen (secondary N) is 1. The average molecular weight is 224 g/mol. The third-order valence-electron chi connectivity index (χ3n) is 2.49. The number of hydrogen-bond donors (Lipinski definition) is 1. The molecule has 0 bridgehead atoms. The third kappa shape index (κ3) is 4.44. The molecule has 93 valence electrons. The van der Waals surface area contributed by atoms with E-state index < -0.39 is 0 Å². The summed E-state index contributed by atoms with van der Waals surface area (Å²) < 4.78 is 0. The maximum Gasteiger partial charge on any atom is 0.141 e. The molecule has 0 atom stereocenters. The molecule has 0 saturated heterocycles. The first-order valence-corrected chi connectivity index (χ1v) is 6.01. The van der Waals surface area contributed by atoms with Crippen LogP contribution in [0.1, 0.15) is 41.5 Å². The van der Waals surface area contributed by atoms with Crippen LogP contribution < -0.4 is 5.32 Å². The lowest BCUT2D eigenvalue weighted by Gasteiger charge is -2.32. The van der Waals surface area contributed by atoms with Gasteiger partial charge in [-0.3, -0.25) is 0 Å². The van der Waals surface area contributed by atoms with Gasteiger partial charge in [-0.2, -0.15) is 0 Å². The van der Waals surface area contributed by atoms with Crippen molar-refractivity contribution >= 4 is 0 Å². The van der Waals surface area contributed by atoms with E-state index in [1.165, 1.54) is 0 Å². The molecule has 0 unspecified atom stereocenters. The molecule has 0 amide bonds. The van der Waals surface area contributed by atoms with Gasteiger partial charge in [-0.1, -0.05) is 0 Å². The maximum atomic E-state index is 3.49. The Balaban J connectivity index is 2.26. The fraction of sp³-hybridized carbons (Fsp3) is 0.769. The van der Waals surface area contributed by atoms with Crippen LogP contribution in [0.25, 0.3) is 0 Å². The zero-order chi connectivity index (χ0) is 12.4. The molecule has 0 aromatic rings. The highest BCUT2D eigenvalue weighted by molar-refractivity contribution is 5.02. The normalized spacial score (nSPS) is 17.4. The first-order chi connectivity index (χ1) is 7.18. The topological polar surface area (TPSA) is 18.5 Å². The van der Waals surface area contributed by atoms with Gasteiger partial charge in [0.05, 0.1) is 0 Å². The van der Waals surface area contributed by atoms with Gasteiger partial charge in [0.25, 0.3) is 0 Å². The van der Waals surface area contributed by atoms with E-state index in [2.05, 4.69) is 75.7 Å². The third-order valence-corrected chi connectivity index (χ3v) is 2.49. The molecule has 1 rings (SSSR count). The van der Waals surface area contributed by atoms with Crippen molar-refractivity contribution < 1.29 is 0 Å². The fourth-order valence-electron chi connectivity index (χ4n) is 1.48. The van der Waals surface area contributed by atoms with Gasteiger partial charge in [-0.25, -0.2) is 0 Å². The molecule has 0 saturated carbocycles. The highest BCUT2D eigenvalue weighted by atomic mass is 15.4. The molecule has 0 aromatic heterocycles. The van der Waals surface area contributed by atoms with Crippen LogP contribution in [0, 0.1) is 6.67 Å². The maximum absolute atomic E-state index is 3.49. The summed E-state index contributed by atoms with van der Waals surface area (Å²) in [6.07, 6.45) is 4.27. The van der Waals surface area contributed by atoms with Crippen molar-refractivity contribution in [1.29, 1.82) is 0 Å². The largest absolute Gasteiger partial charge is 0.351 e. The summed E-state index contributed by atoms with van der Waals surface area (Å²) in [5, 5.41) is 3.49. The molecule has 1 aliphatic rings. The van der Waals surface area contributed by atoms with Crippen molar-refractivity contribution in [2.75, 3.05) is 13.1 Å². The molecule has 16 heavy (non-hydrogen) atoms. The minimum absolute atomic E-state index is 0.169. The Morgan fingerprint density at radius 3 is 2.06 bits per heavy atom. The second-order valence-corrected chi connectivity index (χ2v) is 6.41. The smallest absolute Gasteiger partial charge is 0.141 e. The van der Waals surface area contributed by atoms with Crippen LogP contribution in [0.4, 0.5) is 0 Å². The van der Waals surface area contributed by atoms with E-state index >= 15 is 0 Å². The summed E-state index contributed by atoms with van der Waals surface area (Å²) in [5.74, 6) is 0. The quantitative estimate of drug-likeness (QED) is 0.794. The monoisotopic (exact) mass is 224 g/mol. The lowest BCUT2D eigenvalue weighted by atomic mass is 10.1. The molecule has 3 nitrogen and oxygen atoms in total. The molecule has 1 aliphatic heterocycles. The highest BCUT2D eigenvalue weighted by Crippen LogP contribution is 2.21. The Morgan fingerprint density at radius 1 is 1.00 bits per heavy atom. The summed E-state index contributed by atoms with van der Waals surface area (Å²) in [4.78, 5) is 4.47. The number of rotatable bonds is 3. The Kier molecular flexibility index (Phi) is 3.89. The molecular weight excluding hydrogens is 198 g/mol. The first kappa shape index (κ1) is 13.4. The molecule has 1 N–H and O–H groups in total. The lowest BCUT2D eigenvalue weighted by Crippen LogP contribution is -2.41. The molecule has 0 aliphatic carbocycles. The van der Waals surface area contributed by atoms with E-state index in [1.807, 2.05) is 0 Å². The molecule has 1 heterocycles. The van der Waals surface area contributed by atoms with Gasteiger partial charge in [0.1, 0.15) is 6.67 Å². The summed E-state index contributed by atoms with van der Waals surface area (Å²) in [7, 11) is 0. The van der Waals surface area contributed by atoms with Gasteiger partial charge in [-0.05, 0) is 41.5 Å². The van der Waals surface area contributed by atoms with E-state index in [4.69, 9.17) is 0 Å². The molecule has 0 aromatic carbocycles. The van der Waals surface area contributed by atoms with E-state index in [0.717, 1.165) is 13.1 Å². The van der Waals surface area contributed by atoms with Crippen LogP contribution in [-0.4, -0.2) is 34.0 Å². The van der Waals surface area contributed by atoms with Crippen molar-refractivity contribution in [2.24, 2.45) is 0 Å². The van der Waals surface area contributed by atoms with Crippen LogP contribution in [0.2, 0.25) is 0 Å². The zero-order valence-corrected chi connectivity index (χ0v) is 11.5. The van der Waals surface area contributed by atoms with Gasteiger partial charge in [0.15, 0.2) is 0 Å². The van der Waals surface area contributed by atoms with Crippen molar-refractivity contribution in [2.45, 2.75) is 52.6 Å². The molecule has 3 heteroatoms. The SMILES string of the molecule is CC(C)(C)NCCN1[CH]N(C(C)(C)C)C=C1. The van der Waals surface area contributed by atoms with Crippen LogP contribution in [0.3, 0.4) is 0 Å². The van der Waals surface area contributed by atoms with Crippen molar-refractivity contribution in [3.63, 3.8) is 0 Å². The summed E-state index contributed by atoms with van der Waals surface area (Å²) >= 11 is 0. The van der Waals surface area contributed by atoms with Crippen LogP contribution in [-0.2, 0) is 0 Å². The van der Waals surface area contributed by atoms with Crippen LogP contribution in [0.5, 0.6) is 0 Å². The first-order valence-electron chi connectivity index (χ1n) is 6.01. The predicted molar refractivity (Wildman–Crippen MR) is 69.5 cm³/mol. The second-order valence-electron chi connectivity index (χ2n) is 6.41. The average Bonchev–Trinajstić information content (AvgIpc) is 2.49. The Bertz CT molecular complexity index is 245. The Hall–Kier alpha value is -0.700. The molecular formula is C13H26N3. The predicted octanol–water partition coefficient (Wildman–Crippen LogP) is 2.38. The minimum Gasteiger partial charge on any atom is -0.351 e. The number of hydrogen-bond acceptors (Lipinski definition) is 3. The summed E-state index contributed by atoms with van der Waals surface area (Å²) in [6, 6.07) is 0. The van der Waals surface area contributed by atoms with E-state index in [0.29, 0.717) is 0 Å². The lowest BCUT2D eigenvalue weighted by molar-refractivity contribution is 0.215. The van der Waals surface area contributed by atoms with Gasteiger partial charge < -0.3 is 15.1 Å². The standard InChI is InChI=1S/C13H26N3/c1-12(2,3)14-7-8-15-9-10-16(11-15)13(4,5)6/h9-11,14H,7-8H2,1-6H3. The molecule has 0 fully saturated rings. The summed E-state index contributed by atoms with van der Waals surface area (Å²) in [6.45, 7) is 17.4. The van der Waals surface area contributed by atoms with Crippen LogP contribution in [0.15, 0.2) is 12.4 Å². The van der Waals surface area contributed by atoms with Crippen molar-refractivity contribution in [3.8, 4) is 0 Å². The van der Waals surface area contributed by atoms with E-state index in [-0.39, 0.29) is 11.1 Å². The molecule has 0 spiro atoms. The van der Waals surface area contributed by atoms with Crippen molar-refractivity contribution in [3.05, 3.63) is 19.1 Å².